The minimum absolute atomic E-state index is 0.0960. The molecule has 0 aromatic heterocycles. The molecule has 0 aromatic rings. The number of aliphatic hydroxyl groups is 1. The summed E-state index contributed by atoms with van der Waals surface area (Å²) in [7, 11) is 0. The normalized spacial score (nSPS) is 20.6. The number of amides is 3. The number of nitrogens with one attached hydrogen (secondary N) is 1. The Morgan fingerprint density at radius 2 is 1.83 bits per heavy atom. The molecule has 7 heteroatoms. The van der Waals surface area contributed by atoms with E-state index in [1.54, 1.807) is 4.90 Å². The van der Waals surface area contributed by atoms with Gasteiger partial charge in [-0.05, 0) is 19.3 Å². The molecule has 0 saturated carbocycles. The highest BCUT2D eigenvalue weighted by Crippen LogP contribution is 2.31. The number of hydrogen-bond donors (Lipinski definition) is 2. The molecule has 0 bridgehead atoms. The standard InChI is InChI=1S/C22H36N2O5/c1-2-3-4-5-6-7-8-9-10-12-17(25)15-20(26)23-21(27)16-19-18-13-11-14-24(18)22(28)29-19/h16-18,25H,2-15H2,1H3,(H,23,26,27)/b19-16+/t17-,18+/m0/s1. The van der Waals surface area contributed by atoms with Gasteiger partial charge in [0.05, 0.1) is 18.6 Å². The molecule has 2 atom stereocenters. The number of aliphatic hydroxyl groups excluding tert-OH is 1. The van der Waals surface area contributed by atoms with Crippen molar-refractivity contribution in [1.82, 2.24) is 10.2 Å². The van der Waals surface area contributed by atoms with E-state index in [-0.39, 0.29) is 12.5 Å². The second kappa shape index (κ2) is 12.6. The van der Waals surface area contributed by atoms with Crippen molar-refractivity contribution in [3.63, 3.8) is 0 Å². The summed E-state index contributed by atoms with van der Waals surface area (Å²) >= 11 is 0. The van der Waals surface area contributed by atoms with Gasteiger partial charge in [0, 0.05) is 12.6 Å². The zero-order valence-corrected chi connectivity index (χ0v) is 17.7. The molecule has 164 valence electrons. The molecule has 2 fully saturated rings. The van der Waals surface area contributed by atoms with Crippen LogP contribution in [0.1, 0.15) is 90.4 Å². The Kier molecular flexibility index (Phi) is 10.2. The van der Waals surface area contributed by atoms with Crippen molar-refractivity contribution < 1.29 is 24.2 Å². The SMILES string of the molecule is CCCCCCCCCCC[C@H](O)CC(=O)NC(=O)/C=C1/OC(=O)N2CCC[C@H]12. The molecular formula is C22H36N2O5. The second-order valence-corrected chi connectivity index (χ2v) is 8.15. The molecule has 2 saturated heterocycles. The van der Waals surface area contributed by atoms with Crippen LogP contribution in [0.25, 0.3) is 0 Å². The van der Waals surface area contributed by atoms with Crippen LogP contribution in [0.4, 0.5) is 4.79 Å². The van der Waals surface area contributed by atoms with Crippen LogP contribution in [0.3, 0.4) is 0 Å². The Bertz CT molecular complexity index is 590. The van der Waals surface area contributed by atoms with Crippen molar-refractivity contribution in [3.05, 3.63) is 11.8 Å². The molecule has 0 unspecified atom stereocenters. The van der Waals surface area contributed by atoms with Crippen molar-refractivity contribution in [1.29, 1.82) is 0 Å². The zero-order valence-electron chi connectivity index (χ0n) is 17.7. The second-order valence-electron chi connectivity index (χ2n) is 8.15. The molecule has 2 heterocycles. The van der Waals surface area contributed by atoms with E-state index in [0.29, 0.717) is 18.7 Å². The van der Waals surface area contributed by atoms with Crippen molar-refractivity contribution in [2.75, 3.05) is 6.54 Å². The van der Waals surface area contributed by atoms with Gasteiger partial charge in [-0.25, -0.2) is 4.79 Å². The number of ether oxygens (including phenoxy) is 1. The van der Waals surface area contributed by atoms with E-state index in [1.165, 1.54) is 44.6 Å². The summed E-state index contributed by atoms with van der Waals surface area (Å²) in [5.41, 5.74) is 0. The number of unbranched alkanes of at least 4 members (excludes halogenated alkanes) is 8. The van der Waals surface area contributed by atoms with Gasteiger partial charge >= 0.3 is 6.09 Å². The smallest absolute Gasteiger partial charge is 0.412 e. The highest BCUT2D eigenvalue weighted by atomic mass is 16.6. The molecule has 2 rings (SSSR count). The highest BCUT2D eigenvalue weighted by molar-refractivity contribution is 6.01. The third kappa shape index (κ3) is 8.17. The van der Waals surface area contributed by atoms with Crippen molar-refractivity contribution >= 4 is 17.9 Å². The predicted molar refractivity (Wildman–Crippen MR) is 110 cm³/mol. The Labute approximate surface area is 173 Å². The monoisotopic (exact) mass is 408 g/mol. The molecule has 0 radical (unpaired) electrons. The lowest BCUT2D eigenvalue weighted by Gasteiger charge is -2.10. The van der Waals surface area contributed by atoms with Gasteiger partial charge in [0.1, 0.15) is 5.76 Å². The lowest BCUT2D eigenvalue weighted by molar-refractivity contribution is -0.129. The first-order valence-corrected chi connectivity index (χ1v) is 11.2. The summed E-state index contributed by atoms with van der Waals surface area (Å²) in [6.07, 6.45) is 12.9. The van der Waals surface area contributed by atoms with Gasteiger partial charge in [-0.15, -0.1) is 0 Å². The fourth-order valence-corrected chi connectivity index (χ4v) is 3.99. The topological polar surface area (TPSA) is 95.9 Å². The predicted octanol–water partition coefficient (Wildman–Crippen LogP) is 3.80. The van der Waals surface area contributed by atoms with Gasteiger partial charge < -0.3 is 9.84 Å². The van der Waals surface area contributed by atoms with E-state index < -0.39 is 24.0 Å². The fourth-order valence-electron chi connectivity index (χ4n) is 3.99. The van der Waals surface area contributed by atoms with E-state index in [4.69, 9.17) is 4.74 Å². The molecule has 2 aliphatic rings. The lowest BCUT2D eigenvalue weighted by Crippen LogP contribution is -2.32. The minimum atomic E-state index is -0.741. The number of nitrogens with zero attached hydrogens (tertiary/aromatic N) is 1. The number of carbonyl (C=O) groups is 3. The molecule has 0 spiro atoms. The first-order chi connectivity index (χ1) is 14.0. The number of carbonyl (C=O) groups excluding carboxylic acids is 3. The molecule has 7 nitrogen and oxygen atoms in total. The maximum absolute atomic E-state index is 12.0. The Balaban J connectivity index is 1.56. The van der Waals surface area contributed by atoms with Crippen LogP contribution in [-0.2, 0) is 14.3 Å². The number of rotatable bonds is 13. The van der Waals surface area contributed by atoms with Gasteiger partial charge in [0.2, 0.25) is 5.91 Å². The summed E-state index contributed by atoms with van der Waals surface area (Å²) < 4.78 is 5.10. The van der Waals surface area contributed by atoms with E-state index in [9.17, 15) is 19.5 Å². The molecular weight excluding hydrogens is 372 g/mol. The largest absolute Gasteiger partial charge is 0.415 e. The highest BCUT2D eigenvalue weighted by Gasteiger charge is 2.41. The van der Waals surface area contributed by atoms with Gasteiger partial charge in [-0.3, -0.25) is 19.8 Å². The van der Waals surface area contributed by atoms with Crippen LogP contribution >= 0.6 is 0 Å². The van der Waals surface area contributed by atoms with Gasteiger partial charge in [-0.1, -0.05) is 64.7 Å². The number of fused-ring (bicyclic) bond motifs is 1. The Morgan fingerprint density at radius 1 is 1.17 bits per heavy atom. The summed E-state index contributed by atoms with van der Waals surface area (Å²) in [5, 5.41) is 12.3. The average Bonchev–Trinajstić information content (AvgIpc) is 3.25. The van der Waals surface area contributed by atoms with Gasteiger partial charge in [0.25, 0.3) is 5.91 Å². The summed E-state index contributed by atoms with van der Waals surface area (Å²) in [6, 6.07) is -0.194. The van der Waals surface area contributed by atoms with Crippen LogP contribution in [0.15, 0.2) is 11.8 Å². The number of imide groups is 1. The third-order valence-electron chi connectivity index (χ3n) is 5.62. The van der Waals surface area contributed by atoms with Crippen LogP contribution in [0, 0.1) is 0 Å². The van der Waals surface area contributed by atoms with Gasteiger partial charge in [-0.2, -0.15) is 0 Å². The molecule has 29 heavy (non-hydrogen) atoms. The minimum Gasteiger partial charge on any atom is -0.412 e. The first-order valence-electron chi connectivity index (χ1n) is 11.2. The maximum atomic E-state index is 12.0. The zero-order chi connectivity index (χ0) is 21.1. The molecule has 2 N–H and O–H groups in total. The molecule has 0 aliphatic carbocycles. The van der Waals surface area contributed by atoms with E-state index in [0.717, 1.165) is 32.1 Å². The summed E-state index contributed by atoms with van der Waals surface area (Å²) in [4.78, 5) is 37.2. The van der Waals surface area contributed by atoms with Crippen molar-refractivity contribution in [2.45, 2.75) is 103 Å². The fraction of sp³-hybridized carbons (Fsp3) is 0.773. The van der Waals surface area contributed by atoms with Crippen LogP contribution in [-0.4, -0.2) is 46.6 Å². The van der Waals surface area contributed by atoms with E-state index in [1.807, 2.05) is 0 Å². The number of cyclic esters (lactones) is 1. The van der Waals surface area contributed by atoms with Crippen LogP contribution in [0.2, 0.25) is 0 Å². The molecule has 0 aromatic carbocycles. The molecule has 2 aliphatic heterocycles. The number of hydrogen-bond acceptors (Lipinski definition) is 5. The lowest BCUT2D eigenvalue weighted by atomic mass is 10.0. The molecule has 3 amide bonds. The average molecular weight is 409 g/mol. The van der Waals surface area contributed by atoms with Crippen LogP contribution < -0.4 is 5.32 Å². The Hall–Kier alpha value is -1.89. The van der Waals surface area contributed by atoms with Crippen molar-refractivity contribution in [2.24, 2.45) is 0 Å². The van der Waals surface area contributed by atoms with E-state index >= 15 is 0 Å². The van der Waals surface area contributed by atoms with E-state index in [2.05, 4.69) is 12.2 Å². The van der Waals surface area contributed by atoms with Crippen molar-refractivity contribution in [3.8, 4) is 0 Å². The maximum Gasteiger partial charge on any atom is 0.415 e. The van der Waals surface area contributed by atoms with Crippen LogP contribution in [0.5, 0.6) is 0 Å². The summed E-state index contributed by atoms with van der Waals surface area (Å²) in [6.45, 7) is 2.85. The first kappa shape index (κ1) is 23.4. The quantitative estimate of drug-likeness (QED) is 0.357. The summed E-state index contributed by atoms with van der Waals surface area (Å²) in [5.74, 6) is -0.822. The third-order valence-corrected chi connectivity index (χ3v) is 5.62. The Morgan fingerprint density at radius 3 is 2.52 bits per heavy atom. The van der Waals surface area contributed by atoms with Gasteiger partial charge in [0.15, 0.2) is 0 Å².